The largest absolute Gasteiger partial charge is 0.423 e. The molecule has 170 valence electrons. The van der Waals surface area contributed by atoms with Gasteiger partial charge in [-0.2, -0.15) is 0 Å². The molecular formula is C25H18N2O6S. The summed E-state index contributed by atoms with van der Waals surface area (Å²) in [6.45, 7) is -0.561. The molecule has 0 N–H and O–H groups in total. The second kappa shape index (κ2) is 8.27. The van der Waals surface area contributed by atoms with E-state index in [4.69, 9.17) is 4.74 Å². The minimum Gasteiger partial charge on any atom is -0.423 e. The highest BCUT2D eigenvalue weighted by atomic mass is 32.2. The van der Waals surface area contributed by atoms with Crippen molar-refractivity contribution >= 4 is 33.6 Å². The average molecular weight is 474 g/mol. The molecule has 5 rings (SSSR count). The van der Waals surface area contributed by atoms with Gasteiger partial charge in [-0.15, -0.1) is 0 Å². The molecule has 9 heteroatoms. The molecule has 0 aliphatic carbocycles. The Morgan fingerprint density at radius 2 is 1.32 bits per heavy atom. The average Bonchev–Trinajstić information content (AvgIpc) is 3.08. The van der Waals surface area contributed by atoms with Crippen LogP contribution in [0.15, 0.2) is 90.0 Å². The molecule has 0 saturated heterocycles. The van der Waals surface area contributed by atoms with Crippen molar-refractivity contribution in [3.63, 3.8) is 0 Å². The third-order valence-electron chi connectivity index (χ3n) is 5.57. The van der Waals surface area contributed by atoms with Crippen molar-refractivity contribution in [1.29, 1.82) is 0 Å². The predicted octanol–water partition coefficient (Wildman–Crippen LogP) is 3.03. The molecule has 3 aromatic rings. The van der Waals surface area contributed by atoms with Crippen LogP contribution in [0, 0.1) is 0 Å². The lowest BCUT2D eigenvalue weighted by Gasteiger charge is -2.28. The van der Waals surface area contributed by atoms with Gasteiger partial charge in [-0.05, 0) is 29.8 Å². The third-order valence-corrected chi connectivity index (χ3v) is 7.33. The van der Waals surface area contributed by atoms with E-state index in [1.807, 2.05) is 6.07 Å². The molecule has 0 radical (unpaired) electrons. The molecule has 2 aliphatic heterocycles. The summed E-state index contributed by atoms with van der Waals surface area (Å²) in [6.07, 6.45) is 1.25. The number of imide groups is 1. The summed E-state index contributed by atoms with van der Waals surface area (Å²) < 4.78 is 33.0. The smallest absolute Gasteiger partial charge is 0.331 e. The van der Waals surface area contributed by atoms with Crippen molar-refractivity contribution in [1.82, 2.24) is 9.21 Å². The lowest BCUT2D eigenvalue weighted by molar-refractivity contribution is -0.137. The molecule has 0 aromatic heterocycles. The summed E-state index contributed by atoms with van der Waals surface area (Å²) in [5, 5.41) is 0. The van der Waals surface area contributed by atoms with E-state index in [-0.39, 0.29) is 33.9 Å². The summed E-state index contributed by atoms with van der Waals surface area (Å²) >= 11 is 0. The topological polar surface area (TPSA) is 101 Å². The monoisotopic (exact) mass is 474 g/mol. The number of hydrogen-bond acceptors (Lipinski definition) is 6. The van der Waals surface area contributed by atoms with Crippen LogP contribution in [0.4, 0.5) is 0 Å². The zero-order valence-electron chi connectivity index (χ0n) is 17.7. The molecule has 2 amide bonds. The first-order chi connectivity index (χ1) is 16.4. The van der Waals surface area contributed by atoms with Crippen molar-refractivity contribution in [2.24, 2.45) is 0 Å². The first-order valence-corrected chi connectivity index (χ1v) is 11.8. The van der Waals surface area contributed by atoms with Gasteiger partial charge in [-0.1, -0.05) is 54.6 Å². The summed E-state index contributed by atoms with van der Waals surface area (Å²) in [5.74, 6) is -2.01. The molecule has 0 bridgehead atoms. The molecule has 2 aliphatic rings. The van der Waals surface area contributed by atoms with E-state index in [9.17, 15) is 22.8 Å². The maximum atomic E-state index is 13.2. The molecule has 0 fully saturated rings. The van der Waals surface area contributed by atoms with Crippen molar-refractivity contribution in [3.8, 4) is 0 Å². The van der Waals surface area contributed by atoms with Crippen molar-refractivity contribution in [2.75, 3.05) is 6.54 Å². The maximum absolute atomic E-state index is 13.2. The zero-order chi connectivity index (χ0) is 23.9. The molecule has 8 nitrogen and oxygen atoms in total. The van der Waals surface area contributed by atoms with Crippen LogP contribution in [-0.2, 0) is 26.1 Å². The number of ether oxygens (including phenoxy) is 1. The number of sulfonamides is 1. The Bertz CT molecular complexity index is 1430. The fraction of sp³-hybridized carbons (Fsp3) is 0.0800. The van der Waals surface area contributed by atoms with E-state index in [2.05, 4.69) is 0 Å². The first kappa shape index (κ1) is 21.6. The molecule has 0 saturated carbocycles. The van der Waals surface area contributed by atoms with E-state index in [0.29, 0.717) is 0 Å². The Balaban J connectivity index is 1.42. The predicted molar refractivity (Wildman–Crippen MR) is 121 cm³/mol. The van der Waals surface area contributed by atoms with Gasteiger partial charge in [0.25, 0.3) is 21.8 Å². The molecular weight excluding hydrogens is 456 g/mol. The molecule has 0 atom stereocenters. The van der Waals surface area contributed by atoms with Gasteiger partial charge in [-0.25, -0.2) is 13.2 Å². The lowest BCUT2D eigenvalue weighted by atomic mass is 10.1. The van der Waals surface area contributed by atoms with Crippen molar-refractivity contribution < 1.29 is 27.5 Å². The summed E-state index contributed by atoms with van der Waals surface area (Å²) in [6, 6.07) is 21.5. The van der Waals surface area contributed by atoms with Gasteiger partial charge in [-0.3, -0.25) is 18.8 Å². The molecule has 34 heavy (non-hydrogen) atoms. The minimum absolute atomic E-state index is 0.00281. The number of carbonyl (C=O) groups excluding carboxylic acids is 3. The fourth-order valence-electron chi connectivity index (χ4n) is 3.93. The lowest BCUT2D eigenvalue weighted by Crippen LogP contribution is -2.36. The number of fused-ring (bicyclic) bond motifs is 2. The SMILES string of the molecule is O=C(CN1C(=O)c2ccccc2C1=O)OC1=CN(Cc2ccccc2)S(=O)(=O)c2ccccc21. The number of esters is 1. The van der Waals surface area contributed by atoms with E-state index < -0.39 is 34.4 Å². The summed E-state index contributed by atoms with van der Waals surface area (Å²) in [7, 11) is -3.88. The maximum Gasteiger partial charge on any atom is 0.331 e. The minimum atomic E-state index is -3.88. The van der Waals surface area contributed by atoms with Crippen LogP contribution in [0.5, 0.6) is 0 Å². The van der Waals surface area contributed by atoms with Crippen LogP contribution in [0.3, 0.4) is 0 Å². The van der Waals surface area contributed by atoms with Gasteiger partial charge in [0.1, 0.15) is 6.54 Å². The molecule has 0 spiro atoms. The molecule has 2 heterocycles. The van der Waals surface area contributed by atoms with E-state index in [1.165, 1.54) is 30.5 Å². The Morgan fingerprint density at radius 1 is 0.765 bits per heavy atom. The fourth-order valence-corrected chi connectivity index (χ4v) is 5.44. The highest BCUT2D eigenvalue weighted by Crippen LogP contribution is 2.34. The van der Waals surface area contributed by atoms with Gasteiger partial charge in [0.15, 0.2) is 5.76 Å². The Hall–Kier alpha value is -4.24. The van der Waals surface area contributed by atoms with E-state index >= 15 is 0 Å². The number of nitrogens with zero attached hydrogens (tertiary/aromatic N) is 2. The second-order valence-corrected chi connectivity index (χ2v) is 9.60. The third kappa shape index (κ3) is 3.65. The Labute approximate surface area is 195 Å². The standard InChI is InChI=1S/C25H18N2O6S/c28-23(16-27-24(29)18-10-4-5-11-19(18)25(27)30)33-21-15-26(14-17-8-2-1-3-9-17)34(31,32)22-13-7-6-12-20(21)22/h1-13,15H,14,16H2. The quantitative estimate of drug-likeness (QED) is 0.416. The van der Waals surface area contributed by atoms with Gasteiger partial charge < -0.3 is 4.74 Å². The number of benzene rings is 3. The van der Waals surface area contributed by atoms with E-state index in [1.54, 1.807) is 48.5 Å². The zero-order valence-corrected chi connectivity index (χ0v) is 18.6. The van der Waals surface area contributed by atoms with Crippen LogP contribution < -0.4 is 0 Å². The highest BCUT2D eigenvalue weighted by Gasteiger charge is 2.38. The van der Waals surface area contributed by atoms with Crippen LogP contribution in [-0.4, -0.2) is 42.0 Å². The number of rotatable bonds is 5. The highest BCUT2D eigenvalue weighted by molar-refractivity contribution is 7.89. The van der Waals surface area contributed by atoms with Gasteiger partial charge in [0.05, 0.1) is 28.8 Å². The molecule has 3 aromatic carbocycles. The van der Waals surface area contributed by atoms with Gasteiger partial charge >= 0.3 is 5.97 Å². The van der Waals surface area contributed by atoms with Crippen LogP contribution in [0.25, 0.3) is 5.76 Å². The second-order valence-electron chi connectivity index (χ2n) is 7.74. The van der Waals surface area contributed by atoms with Crippen molar-refractivity contribution in [2.45, 2.75) is 11.4 Å². The Kier molecular flexibility index (Phi) is 5.25. The Morgan fingerprint density at radius 3 is 1.97 bits per heavy atom. The molecule has 0 unspecified atom stereocenters. The van der Waals surface area contributed by atoms with Gasteiger partial charge in [0, 0.05) is 5.56 Å². The number of hydrogen-bond donors (Lipinski definition) is 0. The van der Waals surface area contributed by atoms with Crippen molar-refractivity contribution in [3.05, 3.63) is 107 Å². The summed E-state index contributed by atoms with van der Waals surface area (Å²) in [4.78, 5) is 38.7. The van der Waals surface area contributed by atoms with Crippen LogP contribution >= 0.6 is 0 Å². The van der Waals surface area contributed by atoms with Crippen LogP contribution in [0.2, 0.25) is 0 Å². The number of amides is 2. The van der Waals surface area contributed by atoms with Gasteiger partial charge in [0.2, 0.25) is 0 Å². The summed E-state index contributed by atoms with van der Waals surface area (Å²) in [5.41, 5.74) is 1.42. The normalized spacial score (nSPS) is 16.1. The van der Waals surface area contributed by atoms with E-state index in [0.717, 1.165) is 14.8 Å². The number of carbonyl (C=O) groups is 3. The van der Waals surface area contributed by atoms with Crippen LogP contribution in [0.1, 0.15) is 31.8 Å². The first-order valence-electron chi connectivity index (χ1n) is 10.4.